The first-order valence-corrected chi connectivity index (χ1v) is 12.5. The normalized spacial score (nSPS) is 28.2. The zero-order valence-electron chi connectivity index (χ0n) is 21.3. The van der Waals surface area contributed by atoms with E-state index in [2.05, 4.69) is 20.5 Å². The van der Waals surface area contributed by atoms with Gasteiger partial charge in [0.05, 0.1) is 19.0 Å². The Bertz CT molecular complexity index is 1180. The van der Waals surface area contributed by atoms with Gasteiger partial charge in [0, 0.05) is 36.2 Å². The van der Waals surface area contributed by atoms with Crippen LogP contribution in [0.1, 0.15) is 56.4 Å². The summed E-state index contributed by atoms with van der Waals surface area (Å²) in [6.45, 7) is 3.93. The lowest BCUT2D eigenvalue weighted by Gasteiger charge is -2.42. The number of likely N-dealkylation sites (tertiary alicyclic amines) is 1. The van der Waals surface area contributed by atoms with E-state index in [4.69, 9.17) is 4.74 Å². The molecule has 2 aromatic rings. The van der Waals surface area contributed by atoms with Gasteiger partial charge < -0.3 is 20.1 Å². The van der Waals surface area contributed by atoms with Gasteiger partial charge in [-0.1, -0.05) is 6.92 Å². The van der Waals surface area contributed by atoms with Crippen molar-refractivity contribution in [3.63, 3.8) is 0 Å². The fraction of sp³-hybridized carbons (Fsp3) is 0.600. The second-order valence-corrected chi connectivity index (χ2v) is 10.3. The first kappa shape index (κ1) is 27.8. The summed E-state index contributed by atoms with van der Waals surface area (Å²) in [7, 11) is 1.40. The average molecular weight is 542 g/mol. The molecule has 1 saturated heterocycles. The Morgan fingerprint density at radius 3 is 2.55 bits per heavy atom. The fourth-order valence-electron chi connectivity index (χ4n) is 5.28. The van der Waals surface area contributed by atoms with E-state index in [1.807, 2.05) is 13.8 Å². The maximum Gasteiger partial charge on any atom is 0.417 e. The number of alkyl halides is 3. The number of aliphatic hydroxyl groups is 1. The maximum absolute atomic E-state index is 14.3. The third-order valence-electron chi connectivity index (χ3n) is 7.71. The molecule has 1 saturated carbocycles. The van der Waals surface area contributed by atoms with Gasteiger partial charge >= 0.3 is 6.18 Å². The van der Waals surface area contributed by atoms with Gasteiger partial charge in [-0.15, -0.1) is 0 Å². The summed E-state index contributed by atoms with van der Waals surface area (Å²) >= 11 is 0. The van der Waals surface area contributed by atoms with Crippen LogP contribution in [0.5, 0.6) is 5.88 Å². The number of methoxy groups -OCH3 is 1. The number of carbonyl (C=O) groups is 2. The van der Waals surface area contributed by atoms with Crippen LogP contribution in [-0.4, -0.2) is 74.5 Å². The van der Waals surface area contributed by atoms with Gasteiger partial charge in [0.1, 0.15) is 0 Å². The van der Waals surface area contributed by atoms with E-state index in [1.54, 1.807) is 4.90 Å². The van der Waals surface area contributed by atoms with E-state index in [-0.39, 0.29) is 66.0 Å². The molecule has 9 nitrogen and oxygen atoms in total. The molecule has 0 spiro atoms. The molecule has 0 radical (unpaired) electrons. The summed E-state index contributed by atoms with van der Waals surface area (Å²) in [5.74, 6) is -1.68. The molecule has 13 heteroatoms. The minimum Gasteiger partial charge on any atom is -0.481 e. The summed E-state index contributed by atoms with van der Waals surface area (Å²) in [6, 6.07) is 2.08. The van der Waals surface area contributed by atoms with E-state index in [0.29, 0.717) is 6.42 Å². The highest BCUT2D eigenvalue weighted by molar-refractivity contribution is 5.94. The smallest absolute Gasteiger partial charge is 0.417 e. The number of piperidine rings is 1. The molecule has 3 N–H and O–H groups in total. The molecule has 3 atom stereocenters. The zero-order valence-corrected chi connectivity index (χ0v) is 21.3. The predicted octanol–water partition coefficient (Wildman–Crippen LogP) is 3.46. The van der Waals surface area contributed by atoms with Gasteiger partial charge in [0.25, 0.3) is 5.91 Å². The fourth-order valence-corrected chi connectivity index (χ4v) is 5.28. The highest BCUT2D eigenvalue weighted by atomic mass is 19.4. The van der Waals surface area contributed by atoms with Crippen LogP contribution < -0.4 is 10.1 Å². The van der Waals surface area contributed by atoms with E-state index in [1.165, 1.54) is 19.2 Å². The Morgan fingerprint density at radius 2 is 1.92 bits per heavy atom. The number of ether oxygens (including phenoxy) is 1. The zero-order chi connectivity index (χ0) is 27.8. The molecule has 0 bridgehead atoms. The van der Waals surface area contributed by atoms with Gasteiger partial charge in [-0.2, -0.15) is 18.3 Å². The van der Waals surface area contributed by atoms with Crippen molar-refractivity contribution >= 4 is 11.8 Å². The summed E-state index contributed by atoms with van der Waals surface area (Å²) in [6.07, 6.45) is -4.15. The van der Waals surface area contributed by atoms with Crippen LogP contribution in [0.2, 0.25) is 0 Å². The van der Waals surface area contributed by atoms with Gasteiger partial charge in [0.2, 0.25) is 11.8 Å². The van der Waals surface area contributed by atoms with Crippen LogP contribution in [0.25, 0.3) is 11.3 Å². The molecule has 38 heavy (non-hydrogen) atoms. The number of hydrogen-bond acceptors (Lipinski definition) is 6. The molecular weight excluding hydrogens is 510 g/mol. The van der Waals surface area contributed by atoms with Crippen molar-refractivity contribution in [2.45, 2.75) is 69.8 Å². The van der Waals surface area contributed by atoms with Crippen molar-refractivity contribution in [3.8, 4) is 17.1 Å². The topological polar surface area (TPSA) is 120 Å². The Morgan fingerprint density at radius 1 is 1.24 bits per heavy atom. The van der Waals surface area contributed by atoms with Gasteiger partial charge in [-0.25, -0.2) is 9.37 Å². The lowest BCUT2D eigenvalue weighted by molar-refractivity contribution is -0.270. The molecule has 4 rings (SSSR count). The summed E-state index contributed by atoms with van der Waals surface area (Å²) < 4.78 is 58.5. The quantitative estimate of drug-likeness (QED) is 0.499. The van der Waals surface area contributed by atoms with E-state index in [9.17, 15) is 32.3 Å². The number of carbonyl (C=O) groups excluding carboxylic acids is 2. The number of pyridine rings is 1. The summed E-state index contributed by atoms with van der Waals surface area (Å²) in [5, 5.41) is 19.4. The molecule has 1 aliphatic heterocycles. The molecule has 2 amide bonds. The molecule has 2 fully saturated rings. The van der Waals surface area contributed by atoms with Crippen molar-refractivity contribution in [1.82, 2.24) is 25.4 Å². The standard InChI is InChI=1S/C25H31F4N5O4/c1-13-12-34(23(36)20-10-19(32-33-20)17-9-21(38-3)30-11-18(17)26)14(2)8-16(13)22(35)31-15-4-6-24(37,7-5-15)25(27,28)29/h9-11,13-16,37H,4-8,12H2,1-3H3,(H,31,35)(H,32,33)/t13-,14-,15-,16+,24-/m0/s1. The van der Waals surface area contributed by atoms with Gasteiger partial charge in [-0.3, -0.25) is 14.7 Å². The number of hydrogen-bond donors (Lipinski definition) is 3. The van der Waals surface area contributed by atoms with Crippen LogP contribution in [0, 0.1) is 17.7 Å². The van der Waals surface area contributed by atoms with Gasteiger partial charge in [-0.05, 0) is 51.0 Å². The average Bonchev–Trinajstić information content (AvgIpc) is 3.36. The van der Waals surface area contributed by atoms with E-state index in [0.717, 1.165) is 6.20 Å². The van der Waals surface area contributed by atoms with E-state index < -0.39 is 42.4 Å². The summed E-state index contributed by atoms with van der Waals surface area (Å²) in [5.41, 5.74) is -2.18. The third-order valence-corrected chi connectivity index (χ3v) is 7.71. The van der Waals surface area contributed by atoms with Crippen LogP contribution in [0.4, 0.5) is 17.6 Å². The predicted molar refractivity (Wildman–Crippen MR) is 128 cm³/mol. The minimum absolute atomic E-state index is 0.0362. The van der Waals surface area contributed by atoms with Crippen molar-refractivity contribution in [3.05, 3.63) is 29.8 Å². The number of halogens is 4. The largest absolute Gasteiger partial charge is 0.481 e. The number of nitrogens with one attached hydrogen (secondary N) is 2. The van der Waals surface area contributed by atoms with Crippen LogP contribution in [0.3, 0.4) is 0 Å². The minimum atomic E-state index is -4.69. The molecule has 2 aliphatic rings. The molecule has 2 aromatic heterocycles. The number of aromatic nitrogens is 3. The second-order valence-electron chi connectivity index (χ2n) is 10.3. The number of H-pyrrole nitrogens is 1. The van der Waals surface area contributed by atoms with Crippen LogP contribution >= 0.6 is 0 Å². The number of nitrogens with zero attached hydrogens (tertiary/aromatic N) is 3. The third kappa shape index (κ3) is 5.47. The van der Waals surface area contributed by atoms with Crippen LogP contribution in [0.15, 0.2) is 18.3 Å². The molecule has 208 valence electrons. The molecule has 0 aromatic carbocycles. The Labute approximate surface area is 217 Å². The first-order chi connectivity index (χ1) is 17.8. The number of rotatable bonds is 5. The van der Waals surface area contributed by atoms with Crippen molar-refractivity contribution < 1.29 is 37.0 Å². The lowest BCUT2D eigenvalue weighted by atomic mass is 9.80. The Kier molecular flexibility index (Phi) is 7.69. The van der Waals surface area contributed by atoms with Crippen molar-refractivity contribution in [1.29, 1.82) is 0 Å². The summed E-state index contributed by atoms with van der Waals surface area (Å²) in [4.78, 5) is 31.7. The maximum atomic E-state index is 14.3. The van der Waals surface area contributed by atoms with Crippen molar-refractivity contribution in [2.24, 2.45) is 11.8 Å². The number of aromatic amines is 1. The SMILES string of the molecule is COc1cc(-c2cc(C(=O)N3C[C@H](C)[C@H](C(=O)N[C@H]4CC[C@@](O)(C(F)(F)F)CC4)C[C@@H]3C)n[nH]2)c(F)cn1. The highest BCUT2D eigenvalue weighted by Crippen LogP contribution is 2.41. The monoisotopic (exact) mass is 541 g/mol. The first-order valence-electron chi connectivity index (χ1n) is 12.5. The molecule has 3 heterocycles. The Balaban J connectivity index is 1.37. The molecule has 0 unspecified atom stereocenters. The molecule has 1 aliphatic carbocycles. The Hall–Kier alpha value is -3.22. The van der Waals surface area contributed by atoms with Crippen molar-refractivity contribution in [2.75, 3.05) is 13.7 Å². The number of amides is 2. The van der Waals surface area contributed by atoms with Crippen LogP contribution in [-0.2, 0) is 4.79 Å². The highest BCUT2D eigenvalue weighted by Gasteiger charge is 2.54. The molecular formula is C25H31F4N5O4. The van der Waals surface area contributed by atoms with E-state index >= 15 is 0 Å². The second kappa shape index (κ2) is 10.5. The lowest BCUT2D eigenvalue weighted by Crippen LogP contribution is -2.54. The van der Waals surface area contributed by atoms with Gasteiger partial charge in [0.15, 0.2) is 17.1 Å².